The highest BCUT2D eigenvalue weighted by Crippen LogP contribution is 2.15. The topological polar surface area (TPSA) is 3.24 Å². The molecule has 0 saturated carbocycles. The fourth-order valence-corrected chi connectivity index (χ4v) is 4.49. The van der Waals surface area contributed by atoms with Gasteiger partial charge < -0.3 is 4.90 Å². The smallest absolute Gasteiger partial charge is 0.000427 e. The van der Waals surface area contributed by atoms with Gasteiger partial charge in [-0.2, -0.15) is 0 Å². The third kappa shape index (κ3) is 26.3. The molecule has 0 fully saturated rings. The van der Waals surface area contributed by atoms with Gasteiger partial charge in [0, 0.05) is 6.54 Å². The summed E-state index contributed by atoms with van der Waals surface area (Å²) >= 11 is 0. The van der Waals surface area contributed by atoms with Crippen molar-refractivity contribution < 1.29 is 0 Å². The summed E-state index contributed by atoms with van der Waals surface area (Å²) in [6.45, 7) is 13.1. The minimum Gasteiger partial charge on any atom is -0.303 e. The molecule has 30 heavy (non-hydrogen) atoms. The molecule has 0 N–H and O–H groups in total. The van der Waals surface area contributed by atoms with Gasteiger partial charge >= 0.3 is 0 Å². The molecule has 0 bridgehead atoms. The van der Waals surface area contributed by atoms with E-state index in [2.05, 4.69) is 32.6 Å². The number of rotatable bonds is 24. The van der Waals surface area contributed by atoms with E-state index in [0.717, 1.165) is 5.92 Å². The molecule has 2 heteroatoms. The summed E-state index contributed by atoms with van der Waals surface area (Å²) in [6.07, 6.45) is 29.3. The number of nitrogens with zero attached hydrogens (tertiary/aromatic N) is 1. The van der Waals surface area contributed by atoms with Gasteiger partial charge in [-0.1, -0.05) is 150 Å². The molecule has 0 rings (SSSR count). The fraction of sp³-hybridized carbons (Fsp3) is 1.00. The van der Waals surface area contributed by atoms with Gasteiger partial charge in [-0.3, -0.25) is 0 Å². The van der Waals surface area contributed by atoms with E-state index in [1.165, 1.54) is 148 Å². The zero-order chi connectivity index (χ0) is 21.4. The van der Waals surface area contributed by atoms with Gasteiger partial charge in [0.15, 0.2) is 0 Å². The molecule has 1 nitrogen and oxygen atoms in total. The molecule has 0 aliphatic rings. The SMILES string of the molecule is CCCCCCCCCCCCCCCCCCCCCCN(CC)CC(C)C.Cl. The van der Waals surface area contributed by atoms with E-state index in [4.69, 9.17) is 0 Å². The van der Waals surface area contributed by atoms with Crippen LogP contribution in [0.3, 0.4) is 0 Å². The number of halogens is 1. The van der Waals surface area contributed by atoms with Crippen LogP contribution in [-0.2, 0) is 0 Å². The third-order valence-corrected chi connectivity index (χ3v) is 6.40. The van der Waals surface area contributed by atoms with E-state index >= 15 is 0 Å². The maximum atomic E-state index is 2.62. The van der Waals surface area contributed by atoms with Gasteiger partial charge in [0.2, 0.25) is 0 Å². The third-order valence-electron chi connectivity index (χ3n) is 6.40. The Kier molecular flexibility index (Phi) is 29.5. The monoisotopic (exact) mass is 445 g/mol. The van der Waals surface area contributed by atoms with Gasteiger partial charge in [0.05, 0.1) is 0 Å². The molecule has 0 unspecified atom stereocenters. The molecule has 0 spiro atoms. The number of hydrogen-bond donors (Lipinski definition) is 0. The van der Waals surface area contributed by atoms with Crippen molar-refractivity contribution in [2.45, 2.75) is 156 Å². The highest BCUT2D eigenvalue weighted by molar-refractivity contribution is 5.85. The summed E-state index contributed by atoms with van der Waals surface area (Å²) < 4.78 is 0. The predicted molar refractivity (Wildman–Crippen MR) is 142 cm³/mol. The summed E-state index contributed by atoms with van der Waals surface area (Å²) in [5.41, 5.74) is 0. The largest absolute Gasteiger partial charge is 0.303 e. The quantitative estimate of drug-likeness (QED) is 0.133. The van der Waals surface area contributed by atoms with Crippen LogP contribution in [0.25, 0.3) is 0 Å². The molecule has 0 saturated heterocycles. The van der Waals surface area contributed by atoms with Crippen LogP contribution < -0.4 is 0 Å². The van der Waals surface area contributed by atoms with E-state index in [1.807, 2.05) is 0 Å². The van der Waals surface area contributed by atoms with Crippen LogP contribution in [0.15, 0.2) is 0 Å². The highest BCUT2D eigenvalue weighted by Gasteiger charge is 2.04. The van der Waals surface area contributed by atoms with Crippen LogP contribution >= 0.6 is 12.4 Å². The average molecular weight is 446 g/mol. The molecule has 0 aromatic heterocycles. The minimum absolute atomic E-state index is 0. The molecule has 0 aromatic rings. The molecule has 0 aliphatic heterocycles. The average Bonchev–Trinajstić information content (AvgIpc) is 2.71. The molecule has 0 aliphatic carbocycles. The van der Waals surface area contributed by atoms with Crippen LogP contribution in [0.4, 0.5) is 0 Å². The lowest BCUT2D eigenvalue weighted by Crippen LogP contribution is -2.28. The van der Waals surface area contributed by atoms with Gasteiger partial charge in [-0.15, -0.1) is 12.4 Å². The lowest BCUT2D eigenvalue weighted by Gasteiger charge is -2.22. The van der Waals surface area contributed by atoms with Crippen LogP contribution in [-0.4, -0.2) is 24.5 Å². The molecular weight excluding hydrogens is 386 g/mol. The lowest BCUT2D eigenvalue weighted by molar-refractivity contribution is 0.250. The van der Waals surface area contributed by atoms with Crippen molar-refractivity contribution in [3.8, 4) is 0 Å². The highest BCUT2D eigenvalue weighted by atomic mass is 35.5. The Bertz CT molecular complexity index is 292. The molecule has 0 aromatic carbocycles. The number of hydrogen-bond acceptors (Lipinski definition) is 1. The Morgan fingerprint density at radius 2 is 0.767 bits per heavy atom. The minimum atomic E-state index is 0. The first-order valence-corrected chi connectivity index (χ1v) is 13.9. The molecule has 184 valence electrons. The zero-order valence-electron chi connectivity index (χ0n) is 21.7. The summed E-state index contributed by atoms with van der Waals surface area (Å²) in [7, 11) is 0. The van der Waals surface area contributed by atoms with Crippen molar-refractivity contribution in [3.05, 3.63) is 0 Å². The van der Waals surface area contributed by atoms with Gasteiger partial charge in [-0.05, 0) is 25.4 Å². The maximum absolute atomic E-state index is 2.62. The number of unbranched alkanes of at least 4 members (excludes halogenated alkanes) is 19. The molecule has 0 radical (unpaired) electrons. The Labute approximate surface area is 199 Å². The van der Waals surface area contributed by atoms with Crippen molar-refractivity contribution in [2.75, 3.05) is 19.6 Å². The standard InChI is InChI=1S/C28H59N.ClH/c1-5-7-8-9-10-11-12-13-14-15-16-17-18-19-20-21-22-23-24-25-26-29(6-2)27-28(3)4;/h28H,5-27H2,1-4H3;1H. The van der Waals surface area contributed by atoms with E-state index in [1.54, 1.807) is 0 Å². The second-order valence-electron chi connectivity index (χ2n) is 10.0. The van der Waals surface area contributed by atoms with Crippen molar-refractivity contribution in [1.82, 2.24) is 4.90 Å². The second kappa shape index (κ2) is 27.3. The Morgan fingerprint density at radius 1 is 0.467 bits per heavy atom. The fourth-order valence-electron chi connectivity index (χ4n) is 4.49. The Hall–Kier alpha value is 0.250. The summed E-state index contributed by atoms with van der Waals surface area (Å²) in [4.78, 5) is 2.62. The Balaban J connectivity index is 0. The molecule has 0 heterocycles. The molecule has 0 atom stereocenters. The first-order chi connectivity index (χ1) is 14.2. The predicted octanol–water partition coefficient (Wildman–Crippen LogP) is 10.2. The van der Waals surface area contributed by atoms with E-state index in [9.17, 15) is 0 Å². The van der Waals surface area contributed by atoms with E-state index < -0.39 is 0 Å². The van der Waals surface area contributed by atoms with Crippen molar-refractivity contribution in [1.29, 1.82) is 0 Å². The summed E-state index contributed by atoms with van der Waals surface area (Å²) in [5.74, 6) is 0.806. The van der Waals surface area contributed by atoms with E-state index in [0.29, 0.717) is 0 Å². The normalized spacial score (nSPS) is 11.4. The van der Waals surface area contributed by atoms with Gasteiger partial charge in [0.1, 0.15) is 0 Å². The second-order valence-corrected chi connectivity index (χ2v) is 10.0. The van der Waals surface area contributed by atoms with Crippen LogP contribution in [0, 0.1) is 5.92 Å². The first kappa shape index (κ1) is 32.4. The summed E-state index contributed by atoms with van der Waals surface area (Å²) in [6, 6.07) is 0. The lowest BCUT2D eigenvalue weighted by atomic mass is 10.0. The maximum Gasteiger partial charge on any atom is 0.000427 e. The Morgan fingerprint density at radius 3 is 1.03 bits per heavy atom. The first-order valence-electron chi connectivity index (χ1n) is 13.9. The van der Waals surface area contributed by atoms with Crippen LogP contribution in [0.1, 0.15) is 156 Å². The zero-order valence-corrected chi connectivity index (χ0v) is 22.5. The van der Waals surface area contributed by atoms with Crippen molar-refractivity contribution in [2.24, 2.45) is 5.92 Å². The van der Waals surface area contributed by atoms with Gasteiger partial charge in [-0.25, -0.2) is 0 Å². The van der Waals surface area contributed by atoms with Crippen LogP contribution in [0.2, 0.25) is 0 Å². The van der Waals surface area contributed by atoms with Gasteiger partial charge in [0.25, 0.3) is 0 Å². The molecular formula is C28H60ClN. The summed E-state index contributed by atoms with van der Waals surface area (Å²) in [5, 5.41) is 0. The van der Waals surface area contributed by atoms with E-state index in [-0.39, 0.29) is 12.4 Å². The van der Waals surface area contributed by atoms with Crippen molar-refractivity contribution in [3.63, 3.8) is 0 Å². The van der Waals surface area contributed by atoms with Crippen molar-refractivity contribution >= 4 is 12.4 Å². The van der Waals surface area contributed by atoms with Crippen LogP contribution in [0.5, 0.6) is 0 Å². The molecule has 0 amide bonds.